The maximum absolute atomic E-state index is 12.7. The molecule has 3 rings (SSSR count). The van der Waals surface area contributed by atoms with E-state index in [0.29, 0.717) is 10.6 Å². The lowest BCUT2D eigenvalue weighted by Gasteiger charge is -2.20. The first kappa shape index (κ1) is 20.3. The molecule has 1 aromatic carbocycles. The molecule has 1 unspecified atom stereocenters. The Morgan fingerprint density at radius 3 is 2.64 bits per heavy atom. The molecule has 8 nitrogen and oxygen atoms in total. The van der Waals surface area contributed by atoms with Gasteiger partial charge >= 0.3 is 5.69 Å². The van der Waals surface area contributed by atoms with E-state index in [0.717, 1.165) is 0 Å². The Morgan fingerprint density at radius 1 is 1.18 bits per heavy atom. The molecular weight excluding hydrogens is 406 g/mol. The predicted molar refractivity (Wildman–Crippen MR) is 105 cm³/mol. The van der Waals surface area contributed by atoms with Crippen LogP contribution in [0, 0.1) is 0 Å². The van der Waals surface area contributed by atoms with Crippen LogP contribution < -0.4 is 11.2 Å². The highest BCUT2D eigenvalue weighted by atomic mass is 35.5. The molecule has 2 aromatic rings. The quantitative estimate of drug-likeness (QED) is 0.784. The number of aromatic nitrogens is 2. The molecule has 1 aliphatic rings. The highest BCUT2D eigenvalue weighted by Crippen LogP contribution is 2.33. The number of aryl methyl sites for hydroxylation is 1. The number of aromatic amines is 1. The van der Waals surface area contributed by atoms with Crippen molar-refractivity contribution in [1.29, 1.82) is 0 Å². The van der Waals surface area contributed by atoms with Crippen molar-refractivity contribution in [1.82, 2.24) is 14.5 Å². The van der Waals surface area contributed by atoms with Crippen molar-refractivity contribution in [3.05, 3.63) is 68.0 Å². The van der Waals surface area contributed by atoms with Gasteiger partial charge in [0.15, 0.2) is 9.84 Å². The maximum atomic E-state index is 12.7. The average molecular weight is 426 g/mol. The molecule has 0 bridgehead atoms. The number of benzene rings is 1. The Morgan fingerprint density at radius 2 is 1.93 bits per heavy atom. The van der Waals surface area contributed by atoms with Gasteiger partial charge in [-0.05, 0) is 18.1 Å². The summed E-state index contributed by atoms with van der Waals surface area (Å²) >= 11 is 6.18. The van der Waals surface area contributed by atoms with Gasteiger partial charge in [-0.3, -0.25) is 14.6 Å². The standard InChI is InChI=1S/C18H20ClN3O5S/c19-14-4-2-1-3-13(14)15-5-8-21(11-12-28(15,26)27)17(24)7-10-22-9-6-16(23)20-18(22)25/h1-4,6,9,15H,5,7-8,10-12H2,(H,20,23,25). The van der Waals surface area contributed by atoms with Gasteiger partial charge in [0.05, 0.1) is 11.0 Å². The molecule has 1 amide bonds. The third-order valence-electron chi connectivity index (χ3n) is 4.81. The van der Waals surface area contributed by atoms with Gasteiger partial charge in [-0.15, -0.1) is 0 Å². The largest absolute Gasteiger partial charge is 0.342 e. The number of halogens is 1. The van der Waals surface area contributed by atoms with Crippen molar-refractivity contribution in [2.45, 2.75) is 24.6 Å². The molecule has 1 atom stereocenters. The van der Waals surface area contributed by atoms with Crippen LogP contribution in [-0.2, 0) is 21.2 Å². The van der Waals surface area contributed by atoms with Crippen LogP contribution in [0.15, 0.2) is 46.1 Å². The van der Waals surface area contributed by atoms with E-state index in [-0.39, 0.29) is 44.1 Å². The first-order valence-electron chi connectivity index (χ1n) is 8.81. The maximum Gasteiger partial charge on any atom is 0.328 e. The molecule has 28 heavy (non-hydrogen) atoms. The predicted octanol–water partition coefficient (Wildman–Crippen LogP) is 0.968. The van der Waals surface area contributed by atoms with Crippen LogP contribution in [0.25, 0.3) is 0 Å². The second-order valence-corrected chi connectivity index (χ2v) is 9.31. The lowest BCUT2D eigenvalue weighted by Crippen LogP contribution is -2.35. The Kier molecular flexibility index (Phi) is 6.04. The fourth-order valence-corrected chi connectivity index (χ4v) is 5.42. The number of sulfone groups is 1. The number of nitrogens with one attached hydrogen (secondary N) is 1. The van der Waals surface area contributed by atoms with Crippen LogP contribution in [-0.4, -0.2) is 47.6 Å². The molecule has 1 N–H and O–H groups in total. The van der Waals surface area contributed by atoms with Gasteiger partial charge in [-0.2, -0.15) is 0 Å². The van der Waals surface area contributed by atoms with Crippen molar-refractivity contribution in [2.24, 2.45) is 0 Å². The van der Waals surface area contributed by atoms with Crippen LogP contribution >= 0.6 is 11.6 Å². The Bertz CT molecular complexity index is 1090. The molecule has 1 aromatic heterocycles. The Labute approximate surface area is 166 Å². The minimum atomic E-state index is -3.45. The van der Waals surface area contributed by atoms with Gasteiger partial charge in [-0.25, -0.2) is 13.2 Å². The van der Waals surface area contributed by atoms with Gasteiger partial charge < -0.3 is 9.47 Å². The van der Waals surface area contributed by atoms with Crippen LogP contribution in [0.4, 0.5) is 0 Å². The van der Waals surface area contributed by atoms with Gasteiger partial charge in [0.25, 0.3) is 5.56 Å². The lowest BCUT2D eigenvalue weighted by molar-refractivity contribution is -0.131. The molecule has 2 heterocycles. The molecule has 150 valence electrons. The first-order chi connectivity index (χ1) is 13.3. The summed E-state index contributed by atoms with van der Waals surface area (Å²) in [5.74, 6) is -0.388. The van der Waals surface area contributed by atoms with Crippen molar-refractivity contribution in [2.75, 3.05) is 18.8 Å². The van der Waals surface area contributed by atoms with Crippen LogP contribution in [0.1, 0.15) is 23.7 Å². The first-order valence-corrected chi connectivity index (χ1v) is 10.9. The van der Waals surface area contributed by atoms with E-state index in [2.05, 4.69) is 4.98 Å². The van der Waals surface area contributed by atoms with Crippen molar-refractivity contribution in [3.63, 3.8) is 0 Å². The molecule has 1 fully saturated rings. The molecular formula is C18H20ClN3O5S. The third-order valence-corrected chi connectivity index (χ3v) is 7.26. The summed E-state index contributed by atoms with van der Waals surface area (Å²) in [4.78, 5) is 39.0. The number of nitrogens with zero attached hydrogens (tertiary/aromatic N) is 2. The summed E-state index contributed by atoms with van der Waals surface area (Å²) in [6, 6.07) is 8.04. The Hall–Kier alpha value is -2.39. The van der Waals surface area contributed by atoms with Crippen LogP contribution in [0.5, 0.6) is 0 Å². The molecule has 0 radical (unpaired) electrons. The summed E-state index contributed by atoms with van der Waals surface area (Å²) in [6.07, 6.45) is 1.62. The van der Waals surface area contributed by atoms with E-state index >= 15 is 0 Å². The molecule has 1 aliphatic heterocycles. The van der Waals surface area contributed by atoms with Crippen LogP contribution in [0.2, 0.25) is 5.02 Å². The number of hydrogen-bond acceptors (Lipinski definition) is 5. The van der Waals surface area contributed by atoms with E-state index in [1.54, 1.807) is 24.3 Å². The summed E-state index contributed by atoms with van der Waals surface area (Å²) in [5.41, 5.74) is -0.535. The summed E-state index contributed by atoms with van der Waals surface area (Å²) < 4.78 is 26.6. The highest BCUT2D eigenvalue weighted by Gasteiger charge is 2.33. The third kappa shape index (κ3) is 4.53. The zero-order valence-electron chi connectivity index (χ0n) is 15.0. The number of carbonyl (C=O) groups is 1. The van der Waals surface area contributed by atoms with E-state index in [9.17, 15) is 22.8 Å². The highest BCUT2D eigenvalue weighted by molar-refractivity contribution is 7.91. The minimum Gasteiger partial charge on any atom is -0.342 e. The molecule has 0 spiro atoms. The smallest absolute Gasteiger partial charge is 0.328 e. The average Bonchev–Trinajstić information content (AvgIpc) is 2.79. The van der Waals surface area contributed by atoms with E-state index in [1.165, 1.54) is 21.7 Å². The lowest BCUT2D eigenvalue weighted by atomic mass is 10.1. The van der Waals surface area contributed by atoms with Crippen LogP contribution in [0.3, 0.4) is 0 Å². The van der Waals surface area contributed by atoms with E-state index in [4.69, 9.17) is 11.6 Å². The zero-order chi connectivity index (χ0) is 20.3. The zero-order valence-corrected chi connectivity index (χ0v) is 16.6. The monoisotopic (exact) mass is 425 g/mol. The van der Waals surface area contributed by atoms with Gasteiger partial charge in [0.1, 0.15) is 0 Å². The molecule has 0 saturated carbocycles. The van der Waals surface area contributed by atoms with E-state index in [1.807, 2.05) is 0 Å². The summed E-state index contributed by atoms with van der Waals surface area (Å²) in [5, 5.41) is -0.353. The van der Waals surface area contributed by atoms with Crippen molar-refractivity contribution in [3.8, 4) is 0 Å². The van der Waals surface area contributed by atoms with E-state index < -0.39 is 26.3 Å². The van der Waals surface area contributed by atoms with Gasteiger partial charge in [0, 0.05) is 43.3 Å². The number of rotatable bonds is 4. The minimum absolute atomic E-state index is 0.0305. The number of amides is 1. The SMILES string of the molecule is O=C(CCn1ccc(=O)[nH]c1=O)N1CCC(c2ccccc2Cl)S(=O)(=O)CC1. The number of carbonyl (C=O) groups excluding carboxylic acids is 1. The number of H-pyrrole nitrogens is 1. The Balaban J connectivity index is 1.70. The second kappa shape index (κ2) is 8.32. The van der Waals surface area contributed by atoms with Gasteiger partial charge in [0.2, 0.25) is 5.91 Å². The summed E-state index contributed by atoms with van der Waals surface area (Å²) in [6.45, 7) is 0.489. The summed E-state index contributed by atoms with van der Waals surface area (Å²) in [7, 11) is -3.45. The molecule has 1 saturated heterocycles. The van der Waals surface area contributed by atoms with Crippen molar-refractivity contribution < 1.29 is 13.2 Å². The normalized spacial score (nSPS) is 19.2. The fraction of sp³-hybridized carbons (Fsp3) is 0.389. The molecule has 10 heteroatoms. The van der Waals surface area contributed by atoms with Crippen molar-refractivity contribution >= 4 is 27.3 Å². The number of hydrogen-bond donors (Lipinski definition) is 1. The van der Waals surface area contributed by atoms with Gasteiger partial charge in [-0.1, -0.05) is 29.8 Å². The molecule has 0 aliphatic carbocycles. The second-order valence-electron chi connectivity index (χ2n) is 6.60. The fourth-order valence-electron chi connectivity index (χ4n) is 3.27. The topological polar surface area (TPSA) is 109 Å².